The average molecular weight is 398 g/mol. The first kappa shape index (κ1) is 17.5. The van der Waals surface area contributed by atoms with Gasteiger partial charge in [-0.05, 0) is 18.2 Å². The van der Waals surface area contributed by atoms with E-state index in [4.69, 9.17) is 16.6 Å². The fourth-order valence-corrected chi connectivity index (χ4v) is 3.75. The lowest BCUT2D eigenvalue weighted by Crippen LogP contribution is -2.23. The third-order valence-electron chi connectivity index (χ3n) is 3.92. The summed E-state index contributed by atoms with van der Waals surface area (Å²) >= 11 is 6.18. The van der Waals surface area contributed by atoms with Crippen LogP contribution in [0, 0.1) is 0 Å². The number of hydrogen-bond acceptors (Lipinski definition) is 7. The highest BCUT2D eigenvalue weighted by Crippen LogP contribution is 2.32. The van der Waals surface area contributed by atoms with Gasteiger partial charge in [-0.3, -0.25) is 9.48 Å². The van der Waals surface area contributed by atoms with Crippen LogP contribution < -0.4 is 10.4 Å². The van der Waals surface area contributed by atoms with Crippen molar-refractivity contribution < 1.29 is 19.1 Å². The molecule has 3 heterocycles. The minimum Gasteiger partial charge on any atom is -0.550 e. The summed E-state index contributed by atoms with van der Waals surface area (Å²) in [5.74, 6) is -0.906. The Morgan fingerprint density at radius 2 is 2.22 bits per heavy atom. The summed E-state index contributed by atoms with van der Waals surface area (Å²) in [5, 5.41) is 18.7. The van der Waals surface area contributed by atoms with E-state index < -0.39 is 5.97 Å². The van der Waals surface area contributed by atoms with E-state index in [9.17, 15) is 14.7 Å². The molecule has 3 aromatic rings. The van der Waals surface area contributed by atoms with Crippen molar-refractivity contribution in [3.63, 3.8) is 0 Å². The van der Waals surface area contributed by atoms with Gasteiger partial charge in [-0.2, -0.15) is 5.10 Å². The van der Waals surface area contributed by atoms with Crippen LogP contribution >= 0.6 is 24.0 Å². The van der Waals surface area contributed by atoms with Crippen molar-refractivity contribution >= 4 is 57.2 Å². The van der Waals surface area contributed by atoms with Gasteiger partial charge in [0.2, 0.25) is 0 Å². The predicted molar refractivity (Wildman–Crippen MR) is 103 cm³/mol. The van der Waals surface area contributed by atoms with E-state index in [1.165, 1.54) is 16.4 Å². The normalized spacial score (nSPS) is 15.6. The number of aromatic nitrogens is 2. The van der Waals surface area contributed by atoms with Gasteiger partial charge < -0.3 is 19.6 Å². The molecule has 4 rings (SSSR count). The van der Waals surface area contributed by atoms with Gasteiger partial charge in [0.1, 0.15) is 15.6 Å². The van der Waals surface area contributed by atoms with Crippen molar-refractivity contribution in [3.8, 4) is 11.5 Å². The number of thioether (sulfide) groups is 1. The highest BCUT2D eigenvalue weighted by atomic mass is 32.2. The van der Waals surface area contributed by atoms with Crippen LogP contribution in [0.2, 0.25) is 0 Å². The zero-order chi connectivity index (χ0) is 19.0. The third kappa shape index (κ3) is 3.64. The molecule has 1 amide bonds. The Hall–Kier alpha value is -2.91. The Morgan fingerprint density at radius 3 is 2.93 bits per heavy atom. The zero-order valence-electron chi connectivity index (χ0n) is 13.8. The molecule has 0 spiro atoms. The number of benzene rings is 1. The van der Waals surface area contributed by atoms with E-state index in [0.29, 0.717) is 31.8 Å². The van der Waals surface area contributed by atoms with E-state index in [0.717, 1.165) is 5.39 Å². The topological polar surface area (TPSA) is 100 Å². The highest BCUT2D eigenvalue weighted by Gasteiger charge is 2.24. The van der Waals surface area contributed by atoms with Crippen LogP contribution in [0.4, 0.5) is 0 Å². The molecular weight excluding hydrogens is 386 g/mol. The number of nitrogens with zero attached hydrogens (tertiary/aromatic N) is 2. The van der Waals surface area contributed by atoms with E-state index in [2.05, 4.69) is 10.4 Å². The van der Waals surface area contributed by atoms with Gasteiger partial charge in [0.05, 0.1) is 4.91 Å². The third-order valence-corrected chi connectivity index (χ3v) is 5.09. The second kappa shape index (κ2) is 7.01. The first-order valence-corrected chi connectivity index (χ1v) is 9.23. The number of carboxylic acid groups (broad SMARTS) is 1. The van der Waals surface area contributed by atoms with Crippen molar-refractivity contribution in [2.24, 2.45) is 0 Å². The van der Waals surface area contributed by atoms with Crippen LogP contribution in [0.5, 0.6) is 0 Å². The molecule has 1 N–H and O–H groups in total. The molecule has 0 atom stereocenters. The van der Waals surface area contributed by atoms with Crippen molar-refractivity contribution in [1.82, 2.24) is 15.1 Å². The van der Waals surface area contributed by atoms with Crippen LogP contribution in [0.3, 0.4) is 0 Å². The van der Waals surface area contributed by atoms with Gasteiger partial charge in [-0.15, -0.1) is 0 Å². The summed E-state index contributed by atoms with van der Waals surface area (Å²) in [7, 11) is 0. The number of fused-ring (bicyclic) bond motifs is 1. The number of carbonyl (C=O) groups is 2. The maximum absolute atomic E-state index is 12.0. The molecule has 1 aliphatic heterocycles. The van der Waals surface area contributed by atoms with Crippen LogP contribution in [0.15, 0.2) is 45.9 Å². The Morgan fingerprint density at radius 1 is 1.41 bits per heavy atom. The number of rotatable bonds is 5. The number of furan rings is 1. The molecule has 27 heavy (non-hydrogen) atoms. The first-order valence-electron chi connectivity index (χ1n) is 8.01. The van der Waals surface area contributed by atoms with Crippen LogP contribution in [-0.4, -0.2) is 26.0 Å². The fourth-order valence-electron chi connectivity index (χ4n) is 2.72. The maximum Gasteiger partial charge on any atom is 0.263 e. The number of carbonyl (C=O) groups excluding carboxylic acids is 2. The number of para-hydroxylation sites is 1. The molecule has 1 saturated heterocycles. The summed E-state index contributed by atoms with van der Waals surface area (Å²) in [6, 6.07) is 9.41. The molecule has 1 fully saturated rings. The molecule has 7 nitrogen and oxygen atoms in total. The smallest absolute Gasteiger partial charge is 0.263 e. The standard InChI is InChI=1S/C18H13N3O4S2/c22-15(23)5-6-21-9-11(8-14-17(24)19-18(26)27-14)16(20-21)13-7-10-3-1-2-4-12(10)25-13/h1-4,7-9H,5-6H2,(H,22,23)(H,19,24,26)/p-1/b14-8-. The number of thiocarbonyl (C=S) groups is 1. The van der Waals surface area contributed by atoms with Gasteiger partial charge >= 0.3 is 0 Å². The van der Waals surface area contributed by atoms with Gasteiger partial charge in [-0.25, -0.2) is 0 Å². The maximum atomic E-state index is 12.0. The van der Waals surface area contributed by atoms with Crippen molar-refractivity contribution in [1.29, 1.82) is 0 Å². The minimum atomic E-state index is -1.16. The molecule has 1 aliphatic rings. The quantitative estimate of drug-likeness (QED) is 0.518. The highest BCUT2D eigenvalue weighted by molar-refractivity contribution is 8.26. The Balaban J connectivity index is 1.78. The van der Waals surface area contributed by atoms with Crippen LogP contribution in [0.25, 0.3) is 28.5 Å². The molecule has 0 bridgehead atoms. The molecule has 0 unspecified atom stereocenters. The average Bonchev–Trinajstić information content (AvgIpc) is 3.30. The molecule has 0 radical (unpaired) electrons. The minimum absolute atomic E-state index is 0.149. The van der Waals surface area contributed by atoms with E-state index in [-0.39, 0.29) is 18.9 Å². The molecular formula is C18H12N3O4S2-. The van der Waals surface area contributed by atoms with Gasteiger partial charge in [0.15, 0.2) is 5.76 Å². The van der Waals surface area contributed by atoms with Gasteiger partial charge in [0, 0.05) is 36.1 Å². The lowest BCUT2D eigenvalue weighted by molar-refractivity contribution is -0.306. The van der Waals surface area contributed by atoms with Gasteiger partial charge in [0.25, 0.3) is 5.91 Å². The molecule has 0 aliphatic carbocycles. The monoisotopic (exact) mass is 398 g/mol. The summed E-state index contributed by atoms with van der Waals surface area (Å²) in [6.45, 7) is 0.149. The Kier molecular flexibility index (Phi) is 4.54. The number of hydrogen-bond donors (Lipinski definition) is 1. The lowest BCUT2D eigenvalue weighted by Gasteiger charge is -2.01. The SMILES string of the molecule is O=C([O-])CCn1cc(/C=C2\SC(=S)NC2=O)c(-c2cc3ccccc3o2)n1. The summed E-state index contributed by atoms with van der Waals surface area (Å²) in [5.41, 5.74) is 1.86. The number of nitrogens with one attached hydrogen (secondary N) is 1. The molecule has 1 aromatic carbocycles. The first-order chi connectivity index (χ1) is 13.0. The predicted octanol–water partition coefficient (Wildman–Crippen LogP) is 1.93. The van der Waals surface area contributed by atoms with Crippen molar-refractivity contribution in [2.45, 2.75) is 13.0 Å². The Labute approximate surface area is 163 Å². The van der Waals surface area contributed by atoms with Crippen LogP contribution in [-0.2, 0) is 16.1 Å². The molecule has 2 aromatic heterocycles. The van der Waals surface area contributed by atoms with E-state index in [1.54, 1.807) is 12.3 Å². The number of aryl methyl sites for hydroxylation is 1. The Bertz CT molecular complexity index is 1080. The lowest BCUT2D eigenvalue weighted by atomic mass is 10.2. The zero-order valence-corrected chi connectivity index (χ0v) is 15.4. The summed E-state index contributed by atoms with van der Waals surface area (Å²) in [6.07, 6.45) is 3.18. The number of amides is 1. The van der Waals surface area contributed by atoms with Crippen LogP contribution in [0.1, 0.15) is 12.0 Å². The van der Waals surface area contributed by atoms with E-state index >= 15 is 0 Å². The molecule has 0 saturated carbocycles. The van der Waals surface area contributed by atoms with Crippen molar-refractivity contribution in [3.05, 3.63) is 47.0 Å². The molecule has 9 heteroatoms. The molecule has 136 valence electrons. The van der Waals surface area contributed by atoms with E-state index in [1.807, 2.05) is 30.3 Å². The van der Waals surface area contributed by atoms with Gasteiger partial charge in [-0.1, -0.05) is 42.2 Å². The number of aliphatic carboxylic acids is 1. The largest absolute Gasteiger partial charge is 0.550 e. The van der Waals surface area contributed by atoms with Crippen molar-refractivity contribution in [2.75, 3.05) is 0 Å². The summed E-state index contributed by atoms with van der Waals surface area (Å²) < 4.78 is 7.77. The summed E-state index contributed by atoms with van der Waals surface area (Å²) in [4.78, 5) is 23.2. The fraction of sp³-hybridized carbons (Fsp3) is 0.111. The second-order valence-corrected chi connectivity index (χ2v) is 7.54. The number of carboxylic acids is 1. The second-order valence-electron chi connectivity index (χ2n) is 5.82.